The number of nitrogens with zero attached hydrogens (tertiary/aromatic N) is 2. The lowest BCUT2D eigenvalue weighted by molar-refractivity contribution is 0.256. The lowest BCUT2D eigenvalue weighted by Gasteiger charge is -2.21. The average molecular weight is 390 g/mol. The number of nitrogen functional groups attached to an aromatic ring is 1. The molecule has 2 amide bonds. The molecule has 1 heterocycles. The molecule has 8 heteroatoms. The molecule has 0 saturated heterocycles. The molecule has 0 aliphatic carbocycles. The van der Waals surface area contributed by atoms with Gasteiger partial charge in [0, 0.05) is 12.1 Å². The van der Waals surface area contributed by atoms with Crippen molar-refractivity contribution < 1.29 is 9.18 Å². The molecule has 4 rings (SSSR count). The van der Waals surface area contributed by atoms with E-state index >= 15 is 0 Å². The minimum absolute atomic E-state index is 0.0695. The van der Waals surface area contributed by atoms with Gasteiger partial charge in [-0.15, -0.1) is 0 Å². The van der Waals surface area contributed by atoms with Gasteiger partial charge < -0.3 is 17.2 Å². The number of carbonyl (C=O) groups is 1. The van der Waals surface area contributed by atoms with Gasteiger partial charge in [0.1, 0.15) is 5.82 Å². The molecule has 0 bridgehead atoms. The molecule has 1 aromatic heterocycles. The van der Waals surface area contributed by atoms with Crippen LogP contribution in [0.4, 0.5) is 26.4 Å². The SMILES string of the molecule is NCc1ccc(N(C(N)=O)c2ccc(-c3cccc4[nH]nc(N)c34)cc2)cc1F. The summed E-state index contributed by atoms with van der Waals surface area (Å²) in [5.41, 5.74) is 20.9. The van der Waals surface area contributed by atoms with Gasteiger partial charge in [-0.25, -0.2) is 9.18 Å². The van der Waals surface area contributed by atoms with Crippen LogP contribution in [0.1, 0.15) is 5.56 Å². The van der Waals surface area contributed by atoms with Gasteiger partial charge in [0.15, 0.2) is 5.82 Å². The van der Waals surface area contributed by atoms with Crippen molar-refractivity contribution in [3.05, 3.63) is 72.0 Å². The topological polar surface area (TPSA) is 127 Å². The standard InChI is InChI=1S/C21H19FN6O/c22-17-10-15(9-6-13(17)11-23)28(21(25)29)14-7-4-12(5-8-14)16-2-1-3-18-19(16)20(24)27-26-18/h1-10H,11,23H2,(H2,25,29)(H3,24,26,27). The van der Waals surface area contributed by atoms with Crippen LogP contribution < -0.4 is 22.1 Å². The second-order valence-electron chi connectivity index (χ2n) is 6.54. The summed E-state index contributed by atoms with van der Waals surface area (Å²) < 4.78 is 14.2. The van der Waals surface area contributed by atoms with Crippen LogP contribution in [0.5, 0.6) is 0 Å². The van der Waals surface area contributed by atoms with E-state index in [4.69, 9.17) is 17.2 Å². The third-order valence-electron chi connectivity index (χ3n) is 4.79. The summed E-state index contributed by atoms with van der Waals surface area (Å²) >= 11 is 0. The van der Waals surface area contributed by atoms with Gasteiger partial charge >= 0.3 is 6.03 Å². The average Bonchev–Trinajstić information content (AvgIpc) is 3.10. The van der Waals surface area contributed by atoms with Crippen molar-refractivity contribution in [2.75, 3.05) is 10.6 Å². The van der Waals surface area contributed by atoms with Gasteiger partial charge in [-0.3, -0.25) is 10.00 Å². The predicted molar refractivity (Wildman–Crippen MR) is 112 cm³/mol. The van der Waals surface area contributed by atoms with Crippen LogP contribution in [0.15, 0.2) is 60.7 Å². The Balaban J connectivity index is 1.74. The molecule has 0 aliphatic heterocycles. The summed E-state index contributed by atoms with van der Waals surface area (Å²) in [6, 6.07) is 16.6. The number of fused-ring (bicyclic) bond motifs is 1. The number of halogens is 1. The highest BCUT2D eigenvalue weighted by Gasteiger charge is 2.17. The molecule has 0 aliphatic rings. The van der Waals surface area contributed by atoms with Gasteiger partial charge in [-0.2, -0.15) is 5.10 Å². The van der Waals surface area contributed by atoms with Crippen LogP contribution in [-0.4, -0.2) is 16.2 Å². The Morgan fingerprint density at radius 2 is 1.79 bits per heavy atom. The Kier molecular flexibility index (Phi) is 4.61. The zero-order chi connectivity index (χ0) is 20.5. The molecule has 29 heavy (non-hydrogen) atoms. The van der Waals surface area contributed by atoms with Gasteiger partial charge in [0.2, 0.25) is 0 Å². The Bertz CT molecular complexity index is 1200. The first kappa shape index (κ1) is 18.5. The number of aromatic amines is 1. The smallest absolute Gasteiger partial charge is 0.323 e. The maximum Gasteiger partial charge on any atom is 0.323 e. The second-order valence-corrected chi connectivity index (χ2v) is 6.54. The zero-order valence-corrected chi connectivity index (χ0v) is 15.4. The maximum atomic E-state index is 14.2. The van der Waals surface area contributed by atoms with Crippen LogP contribution >= 0.6 is 0 Å². The molecule has 0 atom stereocenters. The number of carbonyl (C=O) groups excluding carboxylic acids is 1. The molecule has 0 radical (unpaired) electrons. The summed E-state index contributed by atoms with van der Waals surface area (Å²) in [7, 11) is 0. The third kappa shape index (κ3) is 3.26. The molecule has 4 aromatic rings. The first-order chi connectivity index (χ1) is 14.0. The minimum Gasteiger partial charge on any atom is -0.382 e. The number of hydrogen-bond acceptors (Lipinski definition) is 4. The van der Waals surface area contributed by atoms with E-state index < -0.39 is 11.8 Å². The lowest BCUT2D eigenvalue weighted by Crippen LogP contribution is -2.31. The number of benzene rings is 3. The lowest BCUT2D eigenvalue weighted by atomic mass is 10.0. The second kappa shape index (κ2) is 7.25. The number of rotatable bonds is 4. The van der Waals surface area contributed by atoms with E-state index in [1.807, 2.05) is 30.3 Å². The predicted octanol–water partition coefficient (Wildman–Crippen LogP) is 3.63. The van der Waals surface area contributed by atoms with Crippen molar-refractivity contribution in [2.24, 2.45) is 11.5 Å². The van der Waals surface area contributed by atoms with Gasteiger partial charge in [0.05, 0.1) is 22.3 Å². The van der Waals surface area contributed by atoms with Crippen molar-refractivity contribution in [1.29, 1.82) is 0 Å². The summed E-state index contributed by atoms with van der Waals surface area (Å²) in [5, 5.41) is 7.77. The fourth-order valence-corrected chi connectivity index (χ4v) is 3.37. The van der Waals surface area contributed by atoms with Crippen LogP contribution in [0, 0.1) is 5.82 Å². The van der Waals surface area contributed by atoms with Crippen molar-refractivity contribution >= 4 is 34.1 Å². The van der Waals surface area contributed by atoms with E-state index in [0.717, 1.165) is 22.0 Å². The highest BCUT2D eigenvalue weighted by atomic mass is 19.1. The van der Waals surface area contributed by atoms with Gasteiger partial charge in [-0.1, -0.05) is 30.3 Å². The van der Waals surface area contributed by atoms with Crippen molar-refractivity contribution in [1.82, 2.24) is 10.2 Å². The molecule has 0 spiro atoms. The van der Waals surface area contributed by atoms with Gasteiger partial charge in [0.25, 0.3) is 0 Å². The van der Waals surface area contributed by atoms with E-state index in [1.54, 1.807) is 18.2 Å². The molecule has 7 nitrogen and oxygen atoms in total. The largest absolute Gasteiger partial charge is 0.382 e. The zero-order valence-electron chi connectivity index (χ0n) is 15.4. The van der Waals surface area contributed by atoms with Crippen LogP contribution in [0.3, 0.4) is 0 Å². The van der Waals surface area contributed by atoms with Crippen LogP contribution in [0.2, 0.25) is 0 Å². The number of nitrogens with two attached hydrogens (primary N) is 3. The molecule has 0 unspecified atom stereocenters. The normalized spacial score (nSPS) is 11.0. The Morgan fingerprint density at radius 1 is 1.07 bits per heavy atom. The number of nitrogens with one attached hydrogen (secondary N) is 1. The van der Waals surface area contributed by atoms with Crippen molar-refractivity contribution in [3.8, 4) is 11.1 Å². The number of hydrogen-bond donors (Lipinski definition) is 4. The number of H-pyrrole nitrogens is 1. The highest BCUT2D eigenvalue weighted by molar-refractivity contribution is 6.02. The Labute approximate surface area is 165 Å². The fourth-order valence-electron chi connectivity index (χ4n) is 3.37. The van der Waals surface area contributed by atoms with E-state index in [0.29, 0.717) is 22.8 Å². The van der Waals surface area contributed by atoms with Crippen molar-refractivity contribution in [3.63, 3.8) is 0 Å². The number of aromatic nitrogens is 2. The quantitative estimate of drug-likeness (QED) is 0.424. The molecule has 7 N–H and O–H groups in total. The highest BCUT2D eigenvalue weighted by Crippen LogP contribution is 2.33. The monoisotopic (exact) mass is 390 g/mol. The first-order valence-electron chi connectivity index (χ1n) is 8.90. The number of amides is 2. The Morgan fingerprint density at radius 3 is 2.45 bits per heavy atom. The van der Waals surface area contributed by atoms with Gasteiger partial charge in [-0.05, 0) is 41.5 Å². The van der Waals surface area contributed by atoms with E-state index in [-0.39, 0.29) is 6.54 Å². The summed E-state index contributed by atoms with van der Waals surface area (Å²) in [4.78, 5) is 13.3. The first-order valence-corrected chi connectivity index (χ1v) is 8.90. The third-order valence-corrected chi connectivity index (χ3v) is 4.79. The number of urea groups is 1. The van der Waals surface area contributed by atoms with Crippen molar-refractivity contribution in [2.45, 2.75) is 6.54 Å². The molecule has 146 valence electrons. The van der Waals surface area contributed by atoms with E-state index in [1.165, 1.54) is 17.0 Å². The van der Waals surface area contributed by atoms with E-state index in [2.05, 4.69) is 10.2 Å². The molecular weight excluding hydrogens is 371 g/mol. The summed E-state index contributed by atoms with van der Waals surface area (Å²) in [5.74, 6) is -0.0797. The van der Waals surface area contributed by atoms with Crippen LogP contribution in [-0.2, 0) is 6.54 Å². The molecule has 0 fully saturated rings. The van der Waals surface area contributed by atoms with Crippen LogP contribution in [0.25, 0.3) is 22.0 Å². The molecule has 3 aromatic carbocycles. The summed E-state index contributed by atoms with van der Waals surface area (Å²) in [6.45, 7) is 0.0695. The fraction of sp³-hybridized carbons (Fsp3) is 0.0476. The Hall–Kier alpha value is -3.91. The minimum atomic E-state index is -0.723. The molecular formula is C21H19FN6O. The van der Waals surface area contributed by atoms with E-state index in [9.17, 15) is 9.18 Å². The summed E-state index contributed by atoms with van der Waals surface area (Å²) in [6.07, 6.45) is 0. The molecule has 0 saturated carbocycles. The maximum absolute atomic E-state index is 14.2. The number of anilines is 3. The number of primary amides is 1.